The van der Waals surface area contributed by atoms with Gasteiger partial charge in [0.1, 0.15) is 0 Å². The molecule has 0 saturated carbocycles. The predicted octanol–water partition coefficient (Wildman–Crippen LogP) is -0.177. The molecule has 0 unspecified atom stereocenters. The molecule has 0 aromatic carbocycles. The van der Waals surface area contributed by atoms with Crippen LogP contribution in [0, 0.1) is 0 Å². The minimum atomic E-state index is -4.17. The van der Waals surface area contributed by atoms with Gasteiger partial charge < -0.3 is 0 Å². The average molecular weight is 215 g/mol. The summed E-state index contributed by atoms with van der Waals surface area (Å²) < 4.78 is 30.7. The molecule has 0 aromatic rings. The largest absolute Gasteiger partial charge is 0.397 e. The molecule has 0 aliphatic rings. The van der Waals surface area contributed by atoms with E-state index in [4.69, 9.17) is 4.55 Å². The third kappa shape index (κ3) is 10.1. The fourth-order valence-corrected chi connectivity index (χ4v) is 0.447. The molecule has 0 atom stereocenters. The van der Waals surface area contributed by atoms with E-state index >= 15 is 0 Å². The van der Waals surface area contributed by atoms with Crippen molar-refractivity contribution in [3.8, 4) is 0 Å². The van der Waals surface area contributed by atoms with Gasteiger partial charge in [0.2, 0.25) is 0 Å². The maximum Gasteiger partial charge on any atom is 0.397 e. The molecule has 0 rings (SSSR count). The Kier molecular flexibility index (Phi) is 7.06. The summed E-state index contributed by atoms with van der Waals surface area (Å²) in [5.41, 5.74) is 0. The van der Waals surface area contributed by atoms with Crippen molar-refractivity contribution >= 4 is 10.4 Å². The summed E-state index contributed by atoms with van der Waals surface area (Å²) in [6, 6.07) is 0. The van der Waals surface area contributed by atoms with Crippen molar-refractivity contribution in [2.45, 2.75) is 6.92 Å². The number of rotatable bonds is 2. The molecule has 0 aromatic heterocycles. The Morgan fingerprint density at radius 2 is 2.00 bits per heavy atom. The molecule has 1 N–H and O–H groups in total. The van der Waals surface area contributed by atoms with Crippen molar-refractivity contribution in [2.75, 3.05) is 6.61 Å². The van der Waals surface area contributed by atoms with Crippen molar-refractivity contribution in [3.63, 3.8) is 0 Å². The molecule has 0 fully saturated rings. The molecule has 47 valence electrons. The first kappa shape index (κ1) is 11.7. The normalized spacial score (nSPS) is 10.2. The van der Waals surface area contributed by atoms with Gasteiger partial charge in [-0.2, -0.15) is 8.42 Å². The minimum absolute atomic E-state index is 0. The van der Waals surface area contributed by atoms with Gasteiger partial charge in [-0.3, -0.25) is 4.55 Å². The smallest absolute Gasteiger partial charge is 0.264 e. The van der Waals surface area contributed by atoms with Crippen LogP contribution in [0.1, 0.15) is 6.92 Å². The average Bonchev–Trinajstić information content (AvgIpc) is 1.30. The zero-order chi connectivity index (χ0) is 5.91. The van der Waals surface area contributed by atoms with Crippen LogP contribution in [0.2, 0.25) is 0 Å². The summed E-state index contributed by atoms with van der Waals surface area (Å²) in [5.74, 6) is 0. The molecule has 0 amide bonds. The van der Waals surface area contributed by atoms with Gasteiger partial charge in [0, 0.05) is 32.7 Å². The monoisotopic (exact) mass is 215 g/mol. The first-order valence-electron chi connectivity index (χ1n) is 1.68. The maximum absolute atomic E-state index is 9.56. The van der Waals surface area contributed by atoms with Crippen LogP contribution < -0.4 is 0 Å². The second kappa shape index (κ2) is 4.82. The Bertz CT molecular complexity index is 127. The van der Waals surface area contributed by atoms with E-state index in [0.29, 0.717) is 0 Å². The van der Waals surface area contributed by atoms with E-state index in [1.165, 1.54) is 6.92 Å². The summed E-state index contributed by atoms with van der Waals surface area (Å²) in [4.78, 5) is 0. The third-order valence-electron chi connectivity index (χ3n) is 0.267. The van der Waals surface area contributed by atoms with E-state index < -0.39 is 10.4 Å². The molecule has 0 spiro atoms. The van der Waals surface area contributed by atoms with Gasteiger partial charge in [-0.15, -0.1) is 0 Å². The Labute approximate surface area is 73.4 Å². The molecule has 8 heavy (non-hydrogen) atoms. The molecule has 0 saturated heterocycles. The van der Waals surface area contributed by atoms with Gasteiger partial charge in [0.05, 0.1) is 6.61 Å². The zero-order valence-corrected chi connectivity index (χ0v) is 8.02. The van der Waals surface area contributed by atoms with E-state index in [2.05, 4.69) is 4.18 Å². The molecule has 6 heteroatoms. The van der Waals surface area contributed by atoms with Crippen LogP contribution in [0.25, 0.3) is 0 Å². The predicted molar refractivity (Wildman–Crippen MR) is 23.2 cm³/mol. The van der Waals surface area contributed by atoms with E-state index in [-0.39, 0.29) is 39.3 Å². The van der Waals surface area contributed by atoms with E-state index in [9.17, 15) is 8.42 Å². The standard InChI is InChI=1S/C2H6O4S.Y/c1-2-6-7(3,4)5;/h2H2,1H3,(H,3,4,5);. The summed E-state index contributed by atoms with van der Waals surface area (Å²) in [5, 5.41) is 0. The van der Waals surface area contributed by atoms with Crippen molar-refractivity contribution in [2.24, 2.45) is 0 Å². The van der Waals surface area contributed by atoms with Gasteiger partial charge in [0.15, 0.2) is 0 Å². The molecular weight excluding hydrogens is 209 g/mol. The van der Waals surface area contributed by atoms with Crippen LogP contribution in [0.15, 0.2) is 0 Å². The summed E-state index contributed by atoms with van der Waals surface area (Å²) in [7, 11) is -4.17. The summed E-state index contributed by atoms with van der Waals surface area (Å²) in [6.45, 7) is 1.44. The van der Waals surface area contributed by atoms with Crippen molar-refractivity contribution in [1.29, 1.82) is 0 Å². The third-order valence-corrected chi connectivity index (χ3v) is 0.800. The van der Waals surface area contributed by atoms with E-state index in [0.717, 1.165) is 0 Å². The van der Waals surface area contributed by atoms with E-state index in [1.807, 2.05) is 0 Å². The van der Waals surface area contributed by atoms with Gasteiger partial charge >= 0.3 is 10.4 Å². The maximum atomic E-state index is 9.56. The van der Waals surface area contributed by atoms with Crippen LogP contribution >= 0.6 is 0 Å². The van der Waals surface area contributed by atoms with Crippen LogP contribution in [-0.2, 0) is 47.3 Å². The van der Waals surface area contributed by atoms with Crippen LogP contribution in [0.4, 0.5) is 0 Å². The van der Waals surface area contributed by atoms with Gasteiger partial charge in [-0.25, -0.2) is 4.18 Å². The van der Waals surface area contributed by atoms with Crippen molar-refractivity contribution in [3.05, 3.63) is 0 Å². The first-order chi connectivity index (χ1) is 3.06. The number of hydrogen-bond donors (Lipinski definition) is 1. The Morgan fingerprint density at radius 3 is 2.00 bits per heavy atom. The van der Waals surface area contributed by atoms with Crippen LogP contribution in [0.5, 0.6) is 0 Å². The fraction of sp³-hybridized carbons (Fsp3) is 1.00. The molecule has 4 nitrogen and oxygen atoms in total. The Morgan fingerprint density at radius 1 is 1.62 bits per heavy atom. The Hall–Kier alpha value is 0.974. The van der Waals surface area contributed by atoms with Crippen molar-refractivity contribution < 1.29 is 49.9 Å². The van der Waals surface area contributed by atoms with Crippen molar-refractivity contribution in [1.82, 2.24) is 0 Å². The molecule has 0 bridgehead atoms. The van der Waals surface area contributed by atoms with Gasteiger partial charge in [-0.1, -0.05) is 0 Å². The number of hydrogen-bond acceptors (Lipinski definition) is 3. The minimum Gasteiger partial charge on any atom is -0.264 e. The topological polar surface area (TPSA) is 63.6 Å². The molecule has 0 aliphatic carbocycles. The zero-order valence-electron chi connectivity index (χ0n) is 4.36. The van der Waals surface area contributed by atoms with E-state index in [1.54, 1.807) is 0 Å². The fourth-order valence-electron chi connectivity index (χ4n) is 0.149. The second-order valence-electron chi connectivity index (χ2n) is 0.834. The first-order valence-corrected chi connectivity index (χ1v) is 3.04. The van der Waals surface area contributed by atoms with Crippen LogP contribution in [0.3, 0.4) is 0 Å². The molecule has 0 heterocycles. The van der Waals surface area contributed by atoms with Gasteiger partial charge in [-0.05, 0) is 6.92 Å². The van der Waals surface area contributed by atoms with Gasteiger partial charge in [0.25, 0.3) is 0 Å². The summed E-state index contributed by atoms with van der Waals surface area (Å²) in [6.07, 6.45) is 0. The van der Waals surface area contributed by atoms with Crippen LogP contribution in [-0.4, -0.2) is 19.6 Å². The quantitative estimate of drug-likeness (QED) is 0.649. The molecular formula is C2H6O4SY. The Balaban J connectivity index is 0. The second-order valence-corrected chi connectivity index (χ2v) is 1.93. The molecule has 0 aliphatic heterocycles. The SMILES string of the molecule is CCOS(=O)(=O)O.[Y]. The molecule has 1 radical (unpaired) electrons. The summed E-state index contributed by atoms with van der Waals surface area (Å²) >= 11 is 0.